The summed E-state index contributed by atoms with van der Waals surface area (Å²) in [6.07, 6.45) is 8.38. The first-order chi connectivity index (χ1) is 16.2. The number of imidazole rings is 2. The van der Waals surface area contributed by atoms with Gasteiger partial charge in [-0.3, -0.25) is 4.57 Å². The molecule has 5 heterocycles. The van der Waals surface area contributed by atoms with Crippen molar-refractivity contribution in [2.45, 2.75) is 18.9 Å². The molecular formula is C22H18N10O. The lowest BCUT2D eigenvalue weighted by molar-refractivity contribution is 0.0708. The zero-order valence-corrected chi connectivity index (χ0v) is 17.5. The number of aromatic nitrogens is 8. The topological polar surface area (TPSA) is 146 Å². The van der Waals surface area contributed by atoms with Gasteiger partial charge in [0.2, 0.25) is 11.9 Å². The summed E-state index contributed by atoms with van der Waals surface area (Å²) in [4.78, 5) is 26.9. The molecule has 6 rings (SSSR count). The monoisotopic (exact) mass is 438 g/mol. The Morgan fingerprint density at radius 2 is 1.82 bits per heavy atom. The van der Waals surface area contributed by atoms with Crippen LogP contribution in [0.25, 0.3) is 39.5 Å². The number of anilines is 1. The third kappa shape index (κ3) is 3.24. The van der Waals surface area contributed by atoms with Gasteiger partial charge in [-0.05, 0) is 31.0 Å². The molecule has 0 aliphatic carbocycles. The predicted octanol–water partition coefficient (Wildman–Crippen LogP) is 2.43. The fraction of sp³-hybridized carbons (Fsp3) is 0.227. The quantitative estimate of drug-likeness (QED) is 0.448. The van der Waals surface area contributed by atoms with Crippen molar-refractivity contribution in [3.63, 3.8) is 0 Å². The van der Waals surface area contributed by atoms with Gasteiger partial charge in [0.25, 0.3) is 0 Å². The normalized spacial score (nSPS) is 14.6. The molecule has 1 aliphatic heterocycles. The maximum Gasteiger partial charge on any atom is 0.237 e. The van der Waals surface area contributed by atoms with Gasteiger partial charge in [0.1, 0.15) is 17.7 Å². The van der Waals surface area contributed by atoms with Crippen LogP contribution in [0.5, 0.6) is 0 Å². The molecule has 0 saturated carbocycles. The van der Waals surface area contributed by atoms with Crippen molar-refractivity contribution in [2.24, 2.45) is 0 Å². The molecule has 0 amide bonds. The van der Waals surface area contributed by atoms with Gasteiger partial charge in [-0.1, -0.05) is 0 Å². The number of hydrogen-bond acceptors (Lipinski definition) is 9. The molecule has 4 aromatic heterocycles. The average molecular weight is 438 g/mol. The second-order valence-corrected chi connectivity index (χ2v) is 7.79. The lowest BCUT2D eigenvalue weighted by Gasteiger charge is -2.25. The van der Waals surface area contributed by atoms with E-state index in [0.29, 0.717) is 41.7 Å². The third-order valence-electron chi connectivity index (χ3n) is 5.80. The van der Waals surface area contributed by atoms with Gasteiger partial charge >= 0.3 is 0 Å². The van der Waals surface area contributed by atoms with Crippen molar-refractivity contribution in [2.75, 3.05) is 18.9 Å². The van der Waals surface area contributed by atoms with Crippen molar-refractivity contribution in [1.82, 2.24) is 39.0 Å². The number of nitrogen functional groups attached to an aromatic ring is 1. The minimum absolute atomic E-state index is 0.156. The summed E-state index contributed by atoms with van der Waals surface area (Å²) < 4.78 is 9.48. The molecule has 1 aliphatic rings. The number of hydrogen-bond donors (Lipinski definition) is 1. The molecule has 2 N–H and O–H groups in total. The molecule has 1 aromatic carbocycles. The van der Waals surface area contributed by atoms with Crippen LogP contribution in [0.1, 0.15) is 24.4 Å². The fourth-order valence-electron chi connectivity index (χ4n) is 4.18. The number of nitrogens with two attached hydrogens (primary N) is 1. The number of fused-ring (bicyclic) bond motifs is 2. The number of nitriles is 1. The predicted molar refractivity (Wildman–Crippen MR) is 119 cm³/mol. The van der Waals surface area contributed by atoms with E-state index in [1.807, 2.05) is 6.07 Å². The first kappa shape index (κ1) is 19.3. The third-order valence-corrected chi connectivity index (χ3v) is 5.80. The highest BCUT2D eigenvalue weighted by molar-refractivity contribution is 5.80. The Hall–Kier alpha value is -4.43. The first-order valence-electron chi connectivity index (χ1n) is 10.5. The summed E-state index contributed by atoms with van der Waals surface area (Å²) in [6, 6.07) is 7.66. The van der Waals surface area contributed by atoms with Gasteiger partial charge in [-0.2, -0.15) is 10.2 Å². The van der Waals surface area contributed by atoms with Crippen molar-refractivity contribution < 1.29 is 4.74 Å². The Morgan fingerprint density at radius 1 is 1.00 bits per heavy atom. The Bertz CT molecular complexity index is 1520. The maximum absolute atomic E-state index is 9.30. The number of ether oxygens (including phenoxy) is 1. The molecule has 0 atom stereocenters. The van der Waals surface area contributed by atoms with Crippen LogP contribution in [0.2, 0.25) is 0 Å². The number of nitrogens with zero attached hydrogens (tertiary/aromatic N) is 9. The van der Waals surface area contributed by atoms with E-state index in [0.717, 1.165) is 29.4 Å². The zero-order valence-electron chi connectivity index (χ0n) is 17.5. The Balaban J connectivity index is 1.56. The van der Waals surface area contributed by atoms with E-state index in [1.165, 1.54) is 0 Å². The highest BCUT2D eigenvalue weighted by Crippen LogP contribution is 2.32. The van der Waals surface area contributed by atoms with Crippen molar-refractivity contribution in [3.05, 3.63) is 48.7 Å². The Kier molecular flexibility index (Phi) is 4.44. The molecule has 0 spiro atoms. The van der Waals surface area contributed by atoms with Gasteiger partial charge in [0, 0.05) is 31.6 Å². The highest BCUT2D eigenvalue weighted by Gasteiger charge is 2.25. The lowest BCUT2D eigenvalue weighted by Crippen LogP contribution is -2.21. The van der Waals surface area contributed by atoms with Gasteiger partial charge in [0.05, 0.1) is 34.4 Å². The van der Waals surface area contributed by atoms with Gasteiger partial charge in [-0.25, -0.2) is 24.9 Å². The smallest absolute Gasteiger partial charge is 0.237 e. The lowest BCUT2D eigenvalue weighted by atomic mass is 10.1. The van der Waals surface area contributed by atoms with Gasteiger partial charge < -0.3 is 15.0 Å². The molecule has 0 radical (unpaired) electrons. The minimum Gasteiger partial charge on any atom is -0.381 e. The van der Waals surface area contributed by atoms with Crippen LogP contribution < -0.4 is 5.73 Å². The van der Waals surface area contributed by atoms with Crippen LogP contribution in [-0.4, -0.2) is 52.3 Å². The number of benzene rings is 1. The van der Waals surface area contributed by atoms with E-state index in [4.69, 9.17) is 20.4 Å². The summed E-state index contributed by atoms with van der Waals surface area (Å²) in [6.45, 7) is 1.34. The summed E-state index contributed by atoms with van der Waals surface area (Å²) in [7, 11) is 0. The molecule has 33 heavy (non-hydrogen) atoms. The summed E-state index contributed by atoms with van der Waals surface area (Å²) in [5.41, 5.74) is 9.87. The first-order valence-corrected chi connectivity index (χ1v) is 10.5. The van der Waals surface area contributed by atoms with Crippen LogP contribution in [0.15, 0.2) is 43.1 Å². The molecule has 162 valence electrons. The van der Waals surface area contributed by atoms with Crippen LogP contribution in [-0.2, 0) is 4.74 Å². The molecule has 0 bridgehead atoms. The van der Waals surface area contributed by atoms with Crippen molar-refractivity contribution in [1.29, 1.82) is 5.26 Å². The molecule has 5 aromatic rings. The summed E-state index contributed by atoms with van der Waals surface area (Å²) >= 11 is 0. The second kappa shape index (κ2) is 7.61. The second-order valence-electron chi connectivity index (χ2n) is 7.79. The molecular weight excluding hydrogens is 420 g/mol. The SMILES string of the molecule is N#Cc1ccc2ncn(-c3ncc4nc(-c5cnc(N)nc5)n(C5CCOCC5)c4n3)c2c1. The number of rotatable bonds is 3. The Labute approximate surface area is 187 Å². The highest BCUT2D eigenvalue weighted by atomic mass is 16.5. The molecule has 11 heteroatoms. The van der Waals surface area contributed by atoms with E-state index in [9.17, 15) is 5.26 Å². The van der Waals surface area contributed by atoms with E-state index in [2.05, 4.69) is 30.6 Å². The molecule has 1 saturated heterocycles. The van der Waals surface area contributed by atoms with Crippen LogP contribution in [0.3, 0.4) is 0 Å². The van der Waals surface area contributed by atoms with Gasteiger partial charge in [-0.15, -0.1) is 0 Å². The largest absolute Gasteiger partial charge is 0.381 e. The maximum atomic E-state index is 9.30. The standard InChI is InChI=1S/C22H18N10O/c23-8-13-1-2-16-18(7-13)31(12-28-16)22-27-11-17-20(30-22)32(15-3-5-33-6-4-15)19(29-17)14-9-25-21(24)26-10-14/h1-2,7,9-12,15H,3-6H2,(H2,24,25,26). The van der Waals surface area contributed by atoms with E-state index in [1.54, 1.807) is 41.6 Å². The van der Waals surface area contributed by atoms with E-state index in [-0.39, 0.29) is 12.0 Å². The van der Waals surface area contributed by atoms with Crippen molar-refractivity contribution in [3.8, 4) is 23.4 Å². The Morgan fingerprint density at radius 3 is 2.61 bits per heavy atom. The van der Waals surface area contributed by atoms with Crippen LogP contribution in [0.4, 0.5) is 5.95 Å². The summed E-state index contributed by atoms with van der Waals surface area (Å²) in [5.74, 6) is 1.37. The van der Waals surface area contributed by atoms with Crippen LogP contribution >= 0.6 is 0 Å². The molecule has 11 nitrogen and oxygen atoms in total. The average Bonchev–Trinajstić information content (AvgIpc) is 3.45. The fourth-order valence-corrected chi connectivity index (χ4v) is 4.18. The zero-order chi connectivity index (χ0) is 22.4. The van der Waals surface area contributed by atoms with E-state index < -0.39 is 0 Å². The molecule has 0 unspecified atom stereocenters. The van der Waals surface area contributed by atoms with Crippen molar-refractivity contribution >= 4 is 28.1 Å². The van der Waals surface area contributed by atoms with E-state index >= 15 is 0 Å². The molecule has 1 fully saturated rings. The summed E-state index contributed by atoms with van der Waals surface area (Å²) in [5, 5.41) is 9.30. The minimum atomic E-state index is 0.156. The van der Waals surface area contributed by atoms with Crippen LogP contribution in [0, 0.1) is 11.3 Å². The van der Waals surface area contributed by atoms with Gasteiger partial charge in [0.15, 0.2) is 5.65 Å².